The Labute approximate surface area is 180 Å². The molecule has 1 rings (SSSR count). The zero-order valence-electron chi connectivity index (χ0n) is 17.7. The van der Waals surface area contributed by atoms with Crippen molar-refractivity contribution in [3.05, 3.63) is 0 Å². The molecule has 1 heterocycles. The fourth-order valence-corrected chi connectivity index (χ4v) is 3.24. The van der Waals surface area contributed by atoms with Crippen LogP contribution < -0.4 is 16.0 Å². The van der Waals surface area contributed by atoms with Gasteiger partial charge in [-0.2, -0.15) is 11.8 Å². The van der Waals surface area contributed by atoms with Gasteiger partial charge in [-0.05, 0) is 33.3 Å². The Bertz CT molecular complexity index is 614. The van der Waals surface area contributed by atoms with Crippen LogP contribution in [0, 0.1) is 0 Å². The van der Waals surface area contributed by atoms with Crippen LogP contribution in [0.5, 0.6) is 0 Å². The van der Waals surface area contributed by atoms with E-state index in [1.54, 1.807) is 7.05 Å². The van der Waals surface area contributed by atoms with Gasteiger partial charge in [0.25, 0.3) is 11.8 Å². The molecule has 11 nitrogen and oxygen atoms in total. The zero-order chi connectivity index (χ0) is 22.5. The molecule has 30 heavy (non-hydrogen) atoms. The number of hydrogen-bond donors (Lipinski definition) is 3. The van der Waals surface area contributed by atoms with E-state index in [-0.39, 0.29) is 43.3 Å². The predicted molar refractivity (Wildman–Crippen MR) is 111 cm³/mol. The van der Waals surface area contributed by atoms with Crippen LogP contribution in [0.1, 0.15) is 25.7 Å². The van der Waals surface area contributed by atoms with Crippen molar-refractivity contribution in [1.29, 1.82) is 0 Å². The zero-order valence-corrected chi connectivity index (χ0v) is 18.5. The number of amides is 4. The molecule has 4 amide bonds. The number of nitrogens with one attached hydrogen (secondary N) is 3. The highest BCUT2D eigenvalue weighted by atomic mass is 32.2. The monoisotopic (exact) mass is 445 g/mol. The van der Waals surface area contributed by atoms with Gasteiger partial charge in [0.05, 0.1) is 5.75 Å². The minimum absolute atomic E-state index is 0.00983. The molecular formula is C18H31N5O6S. The lowest BCUT2D eigenvalue weighted by atomic mass is 10.2. The third-order valence-electron chi connectivity index (χ3n) is 4.07. The van der Waals surface area contributed by atoms with E-state index in [2.05, 4.69) is 16.0 Å². The maximum absolute atomic E-state index is 12.4. The molecule has 1 unspecified atom stereocenters. The molecule has 0 radical (unpaired) electrons. The maximum atomic E-state index is 12.4. The molecule has 3 N–H and O–H groups in total. The molecule has 0 aromatic heterocycles. The highest BCUT2D eigenvalue weighted by Gasteiger charge is 2.35. The van der Waals surface area contributed by atoms with Crippen LogP contribution in [0.15, 0.2) is 0 Å². The first-order valence-electron chi connectivity index (χ1n) is 9.75. The fourth-order valence-electron chi connectivity index (χ4n) is 2.40. The molecule has 1 aliphatic heterocycles. The van der Waals surface area contributed by atoms with Crippen LogP contribution in [-0.4, -0.2) is 97.9 Å². The van der Waals surface area contributed by atoms with Gasteiger partial charge in [-0.3, -0.25) is 19.2 Å². The SMILES string of the molecule is CNCCC(=O)NC(CCSCC(=O)NCCN(C)C)C(=O)ON1C(=O)CCC1=O. The molecule has 0 bridgehead atoms. The number of carbonyl (C=O) groups is 5. The first-order valence-corrected chi connectivity index (χ1v) is 10.9. The quantitative estimate of drug-likeness (QED) is 0.215. The van der Waals surface area contributed by atoms with E-state index in [9.17, 15) is 24.0 Å². The number of likely N-dealkylation sites (N-methyl/N-ethyl adjacent to an activating group) is 1. The Morgan fingerprint density at radius 3 is 2.40 bits per heavy atom. The second-order valence-electron chi connectivity index (χ2n) is 6.96. The van der Waals surface area contributed by atoms with Gasteiger partial charge >= 0.3 is 5.97 Å². The summed E-state index contributed by atoms with van der Waals surface area (Å²) in [6.45, 7) is 1.70. The third kappa shape index (κ3) is 10.0. The number of imide groups is 1. The maximum Gasteiger partial charge on any atom is 0.355 e. The number of thioether (sulfide) groups is 1. The van der Waals surface area contributed by atoms with Gasteiger partial charge in [0, 0.05) is 38.9 Å². The van der Waals surface area contributed by atoms with Crippen molar-refractivity contribution in [2.45, 2.75) is 31.7 Å². The molecule has 1 fully saturated rings. The Hall–Kier alpha value is -2.18. The van der Waals surface area contributed by atoms with Crippen LogP contribution >= 0.6 is 11.8 Å². The Morgan fingerprint density at radius 1 is 1.13 bits per heavy atom. The first kappa shape index (κ1) is 25.9. The molecule has 0 saturated carbocycles. The lowest BCUT2D eigenvalue weighted by Gasteiger charge is -2.20. The number of hydrogen-bond acceptors (Lipinski definition) is 9. The van der Waals surface area contributed by atoms with Gasteiger partial charge in [-0.1, -0.05) is 0 Å². The summed E-state index contributed by atoms with van der Waals surface area (Å²) in [5.41, 5.74) is 0. The average Bonchev–Trinajstić information content (AvgIpc) is 3.00. The summed E-state index contributed by atoms with van der Waals surface area (Å²) in [5.74, 6) is -1.92. The van der Waals surface area contributed by atoms with Crippen molar-refractivity contribution in [3.63, 3.8) is 0 Å². The van der Waals surface area contributed by atoms with E-state index < -0.39 is 23.8 Å². The molecule has 170 valence electrons. The normalized spacial score (nSPS) is 14.7. The predicted octanol–water partition coefficient (Wildman–Crippen LogP) is -1.51. The van der Waals surface area contributed by atoms with Gasteiger partial charge in [-0.15, -0.1) is 5.06 Å². The summed E-state index contributed by atoms with van der Waals surface area (Å²) in [6.07, 6.45) is 0.327. The third-order valence-corrected chi connectivity index (χ3v) is 5.06. The molecule has 0 aromatic rings. The lowest BCUT2D eigenvalue weighted by molar-refractivity contribution is -0.199. The van der Waals surface area contributed by atoms with Crippen LogP contribution in [0.25, 0.3) is 0 Å². The molecule has 1 aliphatic rings. The number of carbonyl (C=O) groups excluding carboxylic acids is 5. The minimum atomic E-state index is -1.03. The summed E-state index contributed by atoms with van der Waals surface area (Å²) in [7, 11) is 5.52. The van der Waals surface area contributed by atoms with Crippen LogP contribution in [0.2, 0.25) is 0 Å². The van der Waals surface area contributed by atoms with Crippen molar-refractivity contribution >= 4 is 41.4 Å². The summed E-state index contributed by atoms with van der Waals surface area (Å²) in [6, 6.07) is -1.03. The van der Waals surface area contributed by atoms with E-state index in [0.29, 0.717) is 23.9 Å². The van der Waals surface area contributed by atoms with E-state index in [1.807, 2.05) is 19.0 Å². The lowest BCUT2D eigenvalue weighted by Crippen LogP contribution is -2.46. The fraction of sp³-hybridized carbons (Fsp3) is 0.722. The molecule has 12 heteroatoms. The van der Waals surface area contributed by atoms with Crippen molar-refractivity contribution in [2.24, 2.45) is 0 Å². The van der Waals surface area contributed by atoms with Gasteiger partial charge in [0.15, 0.2) is 0 Å². The van der Waals surface area contributed by atoms with E-state index >= 15 is 0 Å². The van der Waals surface area contributed by atoms with Gasteiger partial charge < -0.3 is 25.7 Å². The summed E-state index contributed by atoms with van der Waals surface area (Å²) < 4.78 is 0. The van der Waals surface area contributed by atoms with Gasteiger partial charge in [0.1, 0.15) is 6.04 Å². The van der Waals surface area contributed by atoms with Crippen molar-refractivity contribution in [1.82, 2.24) is 25.9 Å². The number of nitrogens with zero attached hydrogens (tertiary/aromatic N) is 2. The Balaban J connectivity index is 2.51. The van der Waals surface area contributed by atoms with Crippen molar-refractivity contribution in [3.8, 4) is 0 Å². The molecule has 0 spiro atoms. The number of hydroxylamine groups is 2. The second-order valence-corrected chi connectivity index (χ2v) is 8.07. The average molecular weight is 446 g/mol. The molecular weight excluding hydrogens is 414 g/mol. The van der Waals surface area contributed by atoms with Crippen molar-refractivity contribution < 1.29 is 28.8 Å². The van der Waals surface area contributed by atoms with Crippen molar-refractivity contribution in [2.75, 3.05) is 52.3 Å². The van der Waals surface area contributed by atoms with E-state index in [0.717, 1.165) is 6.54 Å². The van der Waals surface area contributed by atoms with Gasteiger partial charge in [0.2, 0.25) is 11.8 Å². The minimum Gasteiger partial charge on any atom is -0.354 e. The first-order chi connectivity index (χ1) is 14.2. The highest BCUT2D eigenvalue weighted by molar-refractivity contribution is 7.99. The van der Waals surface area contributed by atoms with Gasteiger partial charge in [-0.25, -0.2) is 4.79 Å². The van der Waals surface area contributed by atoms with E-state index in [1.165, 1.54) is 11.8 Å². The topological polar surface area (TPSA) is 137 Å². The van der Waals surface area contributed by atoms with E-state index in [4.69, 9.17) is 4.84 Å². The van der Waals surface area contributed by atoms with Crippen LogP contribution in [0.4, 0.5) is 0 Å². The molecule has 0 aromatic carbocycles. The smallest absolute Gasteiger partial charge is 0.354 e. The van der Waals surface area contributed by atoms with Crippen LogP contribution in [-0.2, 0) is 28.8 Å². The Kier molecular flexibility index (Phi) is 12.0. The second kappa shape index (κ2) is 13.9. The highest BCUT2D eigenvalue weighted by Crippen LogP contribution is 2.14. The summed E-state index contributed by atoms with van der Waals surface area (Å²) in [5, 5.41) is 8.65. The number of rotatable bonds is 14. The molecule has 0 aliphatic carbocycles. The molecule has 1 atom stereocenters. The standard InChI is InChI=1S/C18H31N5O6S/c1-19-8-6-14(24)21-13(18(28)29-23-16(26)4-5-17(23)27)7-11-30-12-15(25)20-9-10-22(2)3/h13,19H,4-12H2,1-3H3,(H,20,25)(H,21,24). The largest absolute Gasteiger partial charge is 0.355 e. The molecule has 1 saturated heterocycles. The van der Waals surface area contributed by atoms with Crippen LogP contribution in [0.3, 0.4) is 0 Å². The Morgan fingerprint density at radius 2 is 1.80 bits per heavy atom. The summed E-state index contributed by atoms with van der Waals surface area (Å²) >= 11 is 1.31. The summed E-state index contributed by atoms with van der Waals surface area (Å²) in [4.78, 5) is 66.4.